The lowest BCUT2D eigenvalue weighted by Crippen LogP contribution is -2.01. The lowest BCUT2D eigenvalue weighted by molar-refractivity contribution is 0.443. The minimum atomic E-state index is -1.66. The molecule has 0 heterocycles. The van der Waals surface area contributed by atoms with Crippen LogP contribution in [0.3, 0.4) is 0 Å². The molecule has 3 aromatic carbocycles. The average Bonchev–Trinajstić information content (AvgIpc) is 2.78. The Morgan fingerprint density at radius 2 is 1.71 bits per heavy atom. The molecule has 3 aromatic rings. The summed E-state index contributed by atoms with van der Waals surface area (Å²) >= 11 is -1.66. The van der Waals surface area contributed by atoms with Crippen LogP contribution in [0.2, 0.25) is 0 Å². The summed E-state index contributed by atoms with van der Waals surface area (Å²) in [6.07, 6.45) is 0. The molecule has 0 fully saturated rings. The van der Waals surface area contributed by atoms with Crippen LogP contribution in [-0.4, -0.2) is 22.3 Å². The van der Waals surface area contributed by atoms with Gasteiger partial charge in [-0.15, -0.1) is 10.2 Å². The number of hydrogen-bond acceptors (Lipinski definition) is 6. The minimum absolute atomic E-state index is 0.149. The van der Waals surface area contributed by atoms with Crippen LogP contribution in [0.25, 0.3) is 0 Å². The number of hydrogen-bond donors (Lipinski definition) is 2. The van der Waals surface area contributed by atoms with Crippen molar-refractivity contribution in [3.8, 4) is 5.75 Å². The fourth-order valence-corrected chi connectivity index (χ4v) is 3.48. The maximum atomic E-state index is 11.9. The fourth-order valence-electron chi connectivity index (χ4n) is 2.77. The van der Waals surface area contributed by atoms with Gasteiger partial charge < -0.3 is 5.11 Å². The molecule has 0 aliphatic rings. The van der Waals surface area contributed by atoms with Crippen molar-refractivity contribution in [2.75, 3.05) is 12.5 Å². The lowest BCUT2D eigenvalue weighted by Gasteiger charge is -2.07. The largest absolute Gasteiger partial charge is 0.506 e. The van der Waals surface area contributed by atoms with E-state index < -0.39 is 11.1 Å². The Kier molecular flexibility index (Phi) is 7.28. The molecule has 0 amide bonds. The summed E-state index contributed by atoms with van der Waals surface area (Å²) in [5.41, 5.74) is 7.86. The van der Waals surface area contributed by atoms with Crippen LogP contribution in [0.4, 0.5) is 11.4 Å². The number of phenolic OH excluding ortho intramolecular Hbond substituents is 1. The molecule has 1 unspecified atom stereocenters. The molecule has 0 radical (unpaired) electrons. The Labute approximate surface area is 184 Å². The second-order valence-corrected chi connectivity index (χ2v) is 8.16. The standard InChI is InChI=1S/C23H24N4O3S/c1-15-10-11-19(12-16(15)2)24-26-23(18-8-6-5-7-9-18)27-25-20-13-17(3)22(14-21(20)28)31(29)30-4/h5-14,24,28H,1-4H3/b26-23-,27-25?. The topological polar surface area (TPSA) is 95.6 Å². The molecule has 160 valence electrons. The first kappa shape index (κ1) is 22.3. The van der Waals surface area contributed by atoms with Gasteiger partial charge in [-0.2, -0.15) is 5.10 Å². The van der Waals surface area contributed by atoms with E-state index in [1.165, 1.54) is 18.7 Å². The van der Waals surface area contributed by atoms with Gasteiger partial charge in [-0.25, -0.2) is 4.21 Å². The number of amidine groups is 1. The van der Waals surface area contributed by atoms with Crippen LogP contribution >= 0.6 is 0 Å². The third-order valence-electron chi connectivity index (χ3n) is 4.69. The number of nitrogens with one attached hydrogen (secondary N) is 1. The highest BCUT2D eigenvalue weighted by atomic mass is 32.2. The number of rotatable bonds is 6. The Balaban J connectivity index is 1.94. The van der Waals surface area contributed by atoms with Crippen molar-refractivity contribution in [2.45, 2.75) is 25.7 Å². The van der Waals surface area contributed by atoms with Gasteiger partial charge in [0.1, 0.15) is 11.4 Å². The monoisotopic (exact) mass is 436 g/mol. The first-order valence-electron chi connectivity index (χ1n) is 9.57. The zero-order chi connectivity index (χ0) is 22.4. The number of benzene rings is 3. The molecule has 0 bridgehead atoms. The number of phenols is 1. The second-order valence-electron chi connectivity index (χ2n) is 6.92. The number of azo groups is 1. The number of aryl methyl sites for hydroxylation is 3. The third kappa shape index (κ3) is 5.62. The van der Waals surface area contributed by atoms with Crippen molar-refractivity contribution in [1.82, 2.24) is 0 Å². The van der Waals surface area contributed by atoms with Crippen molar-refractivity contribution < 1.29 is 13.5 Å². The lowest BCUT2D eigenvalue weighted by atomic mass is 10.1. The van der Waals surface area contributed by atoms with Crippen LogP contribution < -0.4 is 5.43 Å². The molecule has 0 aromatic heterocycles. The van der Waals surface area contributed by atoms with Crippen molar-refractivity contribution in [1.29, 1.82) is 0 Å². The van der Waals surface area contributed by atoms with Gasteiger partial charge in [0.2, 0.25) is 5.84 Å². The van der Waals surface area contributed by atoms with Gasteiger partial charge in [-0.1, -0.05) is 36.4 Å². The molecule has 0 saturated heterocycles. The SMILES string of the molecule is COS(=O)c1cc(O)c(N=N/C(=N\Nc2ccc(C)c(C)c2)c2ccccc2)cc1C. The van der Waals surface area contributed by atoms with Crippen LogP contribution in [0.5, 0.6) is 5.75 Å². The van der Waals surface area contributed by atoms with Gasteiger partial charge in [0.15, 0.2) is 11.1 Å². The molecule has 3 rings (SSSR count). The molecular weight excluding hydrogens is 412 g/mol. The molecule has 31 heavy (non-hydrogen) atoms. The summed E-state index contributed by atoms with van der Waals surface area (Å²) in [5.74, 6) is 0.199. The van der Waals surface area contributed by atoms with E-state index in [0.29, 0.717) is 16.3 Å². The fraction of sp³-hybridized carbons (Fsp3) is 0.174. The highest BCUT2D eigenvalue weighted by molar-refractivity contribution is 7.80. The van der Waals surface area contributed by atoms with Crippen molar-refractivity contribution in [3.05, 3.63) is 82.9 Å². The van der Waals surface area contributed by atoms with Gasteiger partial charge >= 0.3 is 0 Å². The Morgan fingerprint density at radius 1 is 0.968 bits per heavy atom. The molecule has 0 aliphatic heterocycles. The van der Waals surface area contributed by atoms with Crippen molar-refractivity contribution >= 4 is 28.3 Å². The third-order valence-corrected chi connectivity index (χ3v) is 5.79. The second kappa shape index (κ2) is 10.1. The van der Waals surface area contributed by atoms with Crippen LogP contribution in [0, 0.1) is 20.8 Å². The van der Waals surface area contributed by atoms with Gasteiger partial charge in [-0.3, -0.25) is 9.61 Å². The zero-order valence-electron chi connectivity index (χ0n) is 17.8. The highest BCUT2D eigenvalue weighted by Gasteiger charge is 2.12. The molecule has 1 atom stereocenters. The predicted octanol–water partition coefficient (Wildman–Crippen LogP) is 5.54. The van der Waals surface area contributed by atoms with Crippen LogP contribution in [0.1, 0.15) is 22.3 Å². The molecule has 8 heteroatoms. The molecule has 7 nitrogen and oxygen atoms in total. The molecular formula is C23H24N4O3S. The zero-order valence-corrected chi connectivity index (χ0v) is 18.6. The summed E-state index contributed by atoms with van der Waals surface area (Å²) < 4.78 is 16.7. The van der Waals surface area contributed by atoms with E-state index in [-0.39, 0.29) is 11.4 Å². The molecule has 2 N–H and O–H groups in total. The van der Waals surface area contributed by atoms with Crippen molar-refractivity contribution in [2.24, 2.45) is 15.3 Å². The quantitative estimate of drug-likeness (QED) is 0.229. The first-order valence-corrected chi connectivity index (χ1v) is 10.6. The molecule has 0 saturated carbocycles. The molecule has 0 spiro atoms. The van der Waals surface area contributed by atoms with Gasteiger partial charge in [0, 0.05) is 11.6 Å². The maximum Gasteiger partial charge on any atom is 0.201 e. The van der Waals surface area contributed by atoms with E-state index in [9.17, 15) is 9.32 Å². The van der Waals surface area contributed by atoms with E-state index in [4.69, 9.17) is 4.18 Å². The van der Waals surface area contributed by atoms with E-state index in [0.717, 1.165) is 16.8 Å². The Bertz CT molecular complexity index is 1160. The summed E-state index contributed by atoms with van der Waals surface area (Å²) in [4.78, 5) is 0.382. The van der Waals surface area contributed by atoms with E-state index in [1.54, 1.807) is 13.0 Å². The maximum absolute atomic E-state index is 11.9. The van der Waals surface area contributed by atoms with Gasteiger partial charge in [0.05, 0.1) is 17.7 Å². The Morgan fingerprint density at radius 3 is 2.39 bits per heavy atom. The van der Waals surface area contributed by atoms with Crippen LogP contribution in [0.15, 0.2) is 80.9 Å². The summed E-state index contributed by atoms with van der Waals surface area (Å²) in [6, 6.07) is 18.3. The van der Waals surface area contributed by atoms with Crippen molar-refractivity contribution in [3.63, 3.8) is 0 Å². The van der Waals surface area contributed by atoms with Crippen LogP contribution in [-0.2, 0) is 15.3 Å². The summed E-state index contributed by atoms with van der Waals surface area (Å²) in [6.45, 7) is 5.85. The predicted molar refractivity (Wildman–Crippen MR) is 123 cm³/mol. The van der Waals surface area contributed by atoms with E-state index in [2.05, 4.69) is 20.8 Å². The van der Waals surface area contributed by atoms with Gasteiger partial charge in [0.25, 0.3) is 0 Å². The number of aromatic hydroxyl groups is 1. The van der Waals surface area contributed by atoms with E-state index in [1.807, 2.05) is 62.4 Å². The minimum Gasteiger partial charge on any atom is -0.506 e. The number of hydrazone groups is 1. The summed E-state index contributed by atoms with van der Waals surface area (Å²) in [7, 11) is 1.34. The average molecular weight is 437 g/mol. The Hall–Kier alpha value is -3.36. The molecule has 0 aliphatic carbocycles. The smallest absolute Gasteiger partial charge is 0.201 e. The number of anilines is 1. The highest BCUT2D eigenvalue weighted by Crippen LogP contribution is 2.32. The summed E-state index contributed by atoms with van der Waals surface area (Å²) in [5, 5.41) is 23.2. The normalized spacial score (nSPS) is 12.8. The first-order chi connectivity index (χ1) is 14.9. The van der Waals surface area contributed by atoms with E-state index >= 15 is 0 Å². The van der Waals surface area contributed by atoms with Gasteiger partial charge in [-0.05, 0) is 55.7 Å². The number of nitrogens with zero attached hydrogens (tertiary/aromatic N) is 3.